The van der Waals surface area contributed by atoms with Crippen LogP contribution in [-0.4, -0.2) is 43.7 Å². The Morgan fingerprint density at radius 2 is 2.12 bits per heavy atom. The SMILES string of the molecule is CCCC1CCN(CCC(N)C(=O)OC)CC1. The van der Waals surface area contributed by atoms with Gasteiger partial charge in [-0.25, -0.2) is 0 Å². The number of likely N-dealkylation sites (tertiary alicyclic amines) is 1. The maximum Gasteiger partial charge on any atom is 0.322 e. The molecule has 4 nitrogen and oxygen atoms in total. The molecule has 0 saturated carbocycles. The van der Waals surface area contributed by atoms with Crippen molar-refractivity contribution in [2.45, 2.75) is 45.1 Å². The Bertz CT molecular complexity index is 225. The van der Waals surface area contributed by atoms with Gasteiger partial charge < -0.3 is 15.4 Å². The smallest absolute Gasteiger partial charge is 0.322 e. The van der Waals surface area contributed by atoms with E-state index in [1.165, 1.54) is 32.8 Å². The number of hydrogen-bond acceptors (Lipinski definition) is 4. The van der Waals surface area contributed by atoms with Gasteiger partial charge in [-0.15, -0.1) is 0 Å². The van der Waals surface area contributed by atoms with Crippen LogP contribution in [0.1, 0.15) is 39.0 Å². The molecule has 4 heteroatoms. The Kier molecular flexibility index (Phi) is 6.52. The second-order valence-electron chi connectivity index (χ2n) is 4.99. The molecule has 1 heterocycles. The van der Waals surface area contributed by atoms with Crippen LogP contribution in [0.25, 0.3) is 0 Å². The fourth-order valence-electron chi connectivity index (χ4n) is 2.50. The molecule has 1 fully saturated rings. The number of carbonyl (C=O) groups is 1. The molecule has 0 aromatic rings. The zero-order valence-corrected chi connectivity index (χ0v) is 11.2. The Hall–Kier alpha value is -0.610. The van der Waals surface area contributed by atoms with Crippen LogP contribution in [0.4, 0.5) is 0 Å². The number of piperidine rings is 1. The summed E-state index contributed by atoms with van der Waals surface area (Å²) in [6.07, 6.45) is 5.93. The maximum atomic E-state index is 11.2. The molecule has 0 amide bonds. The van der Waals surface area contributed by atoms with Gasteiger partial charge in [0, 0.05) is 6.54 Å². The second-order valence-corrected chi connectivity index (χ2v) is 4.99. The number of methoxy groups -OCH3 is 1. The quantitative estimate of drug-likeness (QED) is 0.715. The molecule has 1 unspecified atom stereocenters. The first-order valence-corrected chi connectivity index (χ1v) is 6.73. The van der Waals surface area contributed by atoms with Gasteiger partial charge in [0.05, 0.1) is 7.11 Å². The van der Waals surface area contributed by atoms with E-state index in [0.29, 0.717) is 6.42 Å². The third kappa shape index (κ3) is 5.04. The van der Waals surface area contributed by atoms with E-state index in [0.717, 1.165) is 25.6 Å². The fourth-order valence-corrected chi connectivity index (χ4v) is 2.50. The van der Waals surface area contributed by atoms with Crippen LogP contribution in [-0.2, 0) is 9.53 Å². The first-order chi connectivity index (χ1) is 8.17. The topological polar surface area (TPSA) is 55.6 Å². The Morgan fingerprint density at radius 3 is 2.65 bits per heavy atom. The van der Waals surface area contributed by atoms with Gasteiger partial charge in [0.2, 0.25) is 0 Å². The van der Waals surface area contributed by atoms with Crippen molar-refractivity contribution < 1.29 is 9.53 Å². The summed E-state index contributed by atoms with van der Waals surface area (Å²) >= 11 is 0. The summed E-state index contributed by atoms with van der Waals surface area (Å²) in [6.45, 7) is 5.47. The summed E-state index contributed by atoms with van der Waals surface area (Å²) in [4.78, 5) is 13.6. The Labute approximate surface area is 104 Å². The van der Waals surface area contributed by atoms with Gasteiger partial charge in [0.1, 0.15) is 6.04 Å². The summed E-state index contributed by atoms with van der Waals surface area (Å²) in [7, 11) is 1.39. The van der Waals surface area contributed by atoms with E-state index in [1.807, 2.05) is 0 Å². The zero-order chi connectivity index (χ0) is 12.7. The molecule has 1 atom stereocenters. The van der Waals surface area contributed by atoms with Gasteiger partial charge in [0.15, 0.2) is 0 Å². The first kappa shape index (κ1) is 14.5. The van der Waals surface area contributed by atoms with Crippen molar-refractivity contribution in [1.29, 1.82) is 0 Å². The first-order valence-electron chi connectivity index (χ1n) is 6.73. The van der Waals surface area contributed by atoms with Gasteiger partial charge >= 0.3 is 5.97 Å². The summed E-state index contributed by atoms with van der Waals surface area (Å²) < 4.78 is 4.62. The number of nitrogens with zero attached hydrogens (tertiary/aromatic N) is 1. The van der Waals surface area contributed by atoms with Gasteiger partial charge in [-0.05, 0) is 38.3 Å². The fraction of sp³-hybridized carbons (Fsp3) is 0.923. The van der Waals surface area contributed by atoms with Crippen LogP contribution in [0.2, 0.25) is 0 Å². The van der Waals surface area contributed by atoms with Crippen molar-refractivity contribution in [2.24, 2.45) is 11.7 Å². The van der Waals surface area contributed by atoms with E-state index in [4.69, 9.17) is 5.73 Å². The zero-order valence-electron chi connectivity index (χ0n) is 11.2. The van der Waals surface area contributed by atoms with Crippen molar-refractivity contribution in [3.8, 4) is 0 Å². The number of nitrogens with two attached hydrogens (primary N) is 1. The van der Waals surface area contributed by atoms with Crippen molar-refractivity contribution in [1.82, 2.24) is 4.90 Å². The van der Waals surface area contributed by atoms with E-state index in [-0.39, 0.29) is 5.97 Å². The molecule has 1 aliphatic heterocycles. The third-order valence-electron chi connectivity index (χ3n) is 3.66. The number of ether oxygens (including phenoxy) is 1. The lowest BCUT2D eigenvalue weighted by atomic mass is 9.92. The molecule has 0 aromatic carbocycles. The van der Waals surface area contributed by atoms with Crippen LogP contribution in [0.15, 0.2) is 0 Å². The standard InChI is InChI=1S/C13H26N2O2/c1-3-4-11-5-8-15(9-6-11)10-7-12(14)13(16)17-2/h11-12H,3-10,14H2,1-2H3. The van der Waals surface area contributed by atoms with Crippen LogP contribution in [0, 0.1) is 5.92 Å². The minimum atomic E-state index is -0.464. The molecule has 0 spiro atoms. The molecule has 0 aromatic heterocycles. The minimum absolute atomic E-state index is 0.300. The highest BCUT2D eigenvalue weighted by atomic mass is 16.5. The van der Waals surface area contributed by atoms with Crippen molar-refractivity contribution >= 4 is 5.97 Å². The predicted octanol–water partition coefficient (Wildman–Crippen LogP) is 1.39. The van der Waals surface area contributed by atoms with Crippen molar-refractivity contribution in [2.75, 3.05) is 26.7 Å². The number of carbonyl (C=O) groups excluding carboxylic acids is 1. The molecule has 17 heavy (non-hydrogen) atoms. The van der Waals surface area contributed by atoms with Crippen LogP contribution in [0.5, 0.6) is 0 Å². The summed E-state index contributed by atoms with van der Waals surface area (Å²) in [5.41, 5.74) is 5.72. The van der Waals surface area contributed by atoms with Crippen LogP contribution < -0.4 is 5.73 Å². The van der Waals surface area contributed by atoms with Crippen molar-refractivity contribution in [3.05, 3.63) is 0 Å². The predicted molar refractivity (Wildman–Crippen MR) is 68.7 cm³/mol. The number of esters is 1. The molecule has 1 saturated heterocycles. The highest BCUT2D eigenvalue weighted by Gasteiger charge is 2.20. The lowest BCUT2D eigenvalue weighted by Gasteiger charge is -2.32. The van der Waals surface area contributed by atoms with Gasteiger partial charge in [-0.3, -0.25) is 4.79 Å². The summed E-state index contributed by atoms with van der Waals surface area (Å²) in [5, 5.41) is 0. The van der Waals surface area contributed by atoms with E-state index >= 15 is 0 Å². The molecule has 100 valence electrons. The lowest BCUT2D eigenvalue weighted by Crippen LogP contribution is -2.39. The molecule has 2 N–H and O–H groups in total. The van der Waals surface area contributed by atoms with Gasteiger partial charge in [-0.2, -0.15) is 0 Å². The van der Waals surface area contributed by atoms with Crippen LogP contribution in [0.3, 0.4) is 0 Å². The molecule has 1 rings (SSSR count). The number of hydrogen-bond donors (Lipinski definition) is 1. The van der Waals surface area contributed by atoms with Gasteiger partial charge in [0.25, 0.3) is 0 Å². The van der Waals surface area contributed by atoms with E-state index in [9.17, 15) is 4.79 Å². The average Bonchev–Trinajstić information content (AvgIpc) is 2.37. The molecule has 0 radical (unpaired) electrons. The summed E-state index contributed by atoms with van der Waals surface area (Å²) in [5.74, 6) is 0.608. The summed E-state index contributed by atoms with van der Waals surface area (Å²) in [6, 6.07) is -0.464. The highest BCUT2D eigenvalue weighted by Crippen LogP contribution is 2.21. The number of rotatable bonds is 6. The lowest BCUT2D eigenvalue weighted by molar-refractivity contribution is -0.142. The second kappa shape index (κ2) is 7.67. The maximum absolute atomic E-state index is 11.2. The largest absolute Gasteiger partial charge is 0.468 e. The Morgan fingerprint density at radius 1 is 1.47 bits per heavy atom. The minimum Gasteiger partial charge on any atom is -0.468 e. The highest BCUT2D eigenvalue weighted by molar-refractivity contribution is 5.75. The molecule has 0 aliphatic carbocycles. The van der Waals surface area contributed by atoms with Crippen molar-refractivity contribution in [3.63, 3.8) is 0 Å². The van der Waals surface area contributed by atoms with Crippen LogP contribution >= 0.6 is 0 Å². The van der Waals surface area contributed by atoms with E-state index < -0.39 is 6.04 Å². The van der Waals surface area contributed by atoms with E-state index in [2.05, 4.69) is 16.6 Å². The van der Waals surface area contributed by atoms with E-state index in [1.54, 1.807) is 0 Å². The molecular weight excluding hydrogens is 216 g/mol. The normalized spacial score (nSPS) is 20.2. The third-order valence-corrected chi connectivity index (χ3v) is 3.66. The monoisotopic (exact) mass is 242 g/mol. The van der Waals surface area contributed by atoms with Gasteiger partial charge in [-0.1, -0.05) is 19.8 Å². The Balaban J connectivity index is 2.16. The average molecular weight is 242 g/mol. The molecule has 0 bridgehead atoms. The molecule has 1 aliphatic rings. The molecular formula is C13H26N2O2.